The molecular formula is C37H34N8O4. The molecule has 0 aliphatic heterocycles. The molecule has 12 heteroatoms. The third-order valence-corrected chi connectivity index (χ3v) is 8.42. The fourth-order valence-electron chi connectivity index (χ4n) is 6.15. The minimum Gasteiger partial charge on any atom is -0.338 e. The molecule has 49 heavy (non-hydrogen) atoms. The summed E-state index contributed by atoms with van der Waals surface area (Å²) in [5.41, 5.74) is 11.3. The van der Waals surface area contributed by atoms with Gasteiger partial charge in [-0.25, -0.2) is 19.2 Å². The third kappa shape index (κ3) is 7.93. The van der Waals surface area contributed by atoms with Crippen molar-refractivity contribution in [3.63, 3.8) is 0 Å². The molecule has 0 spiro atoms. The molecule has 246 valence electrons. The van der Waals surface area contributed by atoms with Gasteiger partial charge in [-0.3, -0.25) is 0 Å². The SMILES string of the molecule is N#Cc1ccc2c(c1)Cc1cc(NC(=O)NCCCNC(=O)NCCCNC(=O)Nc3ccc4c(c3)Cc3cc(N=C=O)ccc3-4)ccc1-2. The van der Waals surface area contributed by atoms with E-state index in [0.29, 0.717) is 74.5 Å². The summed E-state index contributed by atoms with van der Waals surface area (Å²) in [5.74, 6) is 0. The summed E-state index contributed by atoms with van der Waals surface area (Å²) in [5, 5.41) is 26.0. The highest BCUT2D eigenvalue weighted by Gasteiger charge is 2.21. The van der Waals surface area contributed by atoms with Crippen LogP contribution in [0.25, 0.3) is 22.3 Å². The van der Waals surface area contributed by atoms with E-state index in [1.165, 1.54) is 0 Å². The van der Waals surface area contributed by atoms with Crippen molar-refractivity contribution in [1.82, 2.24) is 21.3 Å². The minimum atomic E-state index is -0.337. The zero-order chi connectivity index (χ0) is 34.2. The van der Waals surface area contributed by atoms with Gasteiger partial charge in [0.2, 0.25) is 6.08 Å². The molecular weight excluding hydrogens is 620 g/mol. The van der Waals surface area contributed by atoms with Crippen molar-refractivity contribution in [3.8, 4) is 28.3 Å². The van der Waals surface area contributed by atoms with Crippen LogP contribution in [-0.4, -0.2) is 50.4 Å². The average molecular weight is 655 g/mol. The number of fused-ring (bicyclic) bond motifs is 6. The molecule has 0 saturated carbocycles. The summed E-state index contributed by atoms with van der Waals surface area (Å²) in [7, 11) is 0. The van der Waals surface area contributed by atoms with Gasteiger partial charge in [0, 0.05) is 37.6 Å². The lowest BCUT2D eigenvalue weighted by molar-refractivity contribution is 0.240. The van der Waals surface area contributed by atoms with Gasteiger partial charge >= 0.3 is 18.1 Å². The molecule has 0 aromatic heterocycles. The van der Waals surface area contributed by atoms with E-state index in [4.69, 9.17) is 5.26 Å². The Hall–Kier alpha value is -6.44. The second-order valence-electron chi connectivity index (χ2n) is 11.8. The van der Waals surface area contributed by atoms with Gasteiger partial charge in [-0.05, 0) is 119 Å². The number of carbonyl (C=O) groups is 3. The van der Waals surface area contributed by atoms with Crippen molar-refractivity contribution in [2.75, 3.05) is 36.8 Å². The Labute approximate surface area is 283 Å². The summed E-state index contributed by atoms with van der Waals surface area (Å²) in [4.78, 5) is 51.1. The number of isocyanates is 1. The fraction of sp³-hybridized carbons (Fsp3) is 0.216. The Morgan fingerprint density at radius 2 is 1.04 bits per heavy atom. The van der Waals surface area contributed by atoms with Crippen molar-refractivity contribution in [3.05, 3.63) is 101 Å². The molecule has 6 N–H and O–H groups in total. The zero-order valence-corrected chi connectivity index (χ0v) is 26.6. The van der Waals surface area contributed by atoms with E-state index in [-0.39, 0.29) is 18.1 Å². The van der Waals surface area contributed by atoms with Crippen LogP contribution in [0.1, 0.15) is 40.7 Å². The van der Waals surface area contributed by atoms with Crippen LogP contribution in [0.15, 0.2) is 77.8 Å². The summed E-state index contributed by atoms with van der Waals surface area (Å²) >= 11 is 0. The van der Waals surface area contributed by atoms with Crippen LogP contribution in [0.5, 0.6) is 0 Å². The molecule has 0 unspecified atom stereocenters. The van der Waals surface area contributed by atoms with E-state index in [0.717, 1.165) is 44.5 Å². The maximum absolute atomic E-state index is 12.4. The molecule has 4 aromatic carbocycles. The first-order valence-electron chi connectivity index (χ1n) is 16.0. The molecule has 0 heterocycles. The van der Waals surface area contributed by atoms with Gasteiger partial charge in [-0.1, -0.05) is 24.3 Å². The lowest BCUT2D eigenvalue weighted by Gasteiger charge is -2.11. The van der Waals surface area contributed by atoms with Crippen LogP contribution in [0.2, 0.25) is 0 Å². The quantitative estimate of drug-likeness (QED) is 0.0596. The largest absolute Gasteiger partial charge is 0.338 e. The molecule has 4 aromatic rings. The molecule has 0 saturated heterocycles. The average Bonchev–Trinajstić information content (AvgIpc) is 3.64. The number of rotatable bonds is 11. The van der Waals surface area contributed by atoms with Gasteiger partial charge in [-0.2, -0.15) is 10.3 Å². The summed E-state index contributed by atoms with van der Waals surface area (Å²) in [6.45, 7) is 1.52. The summed E-state index contributed by atoms with van der Waals surface area (Å²) in [6, 6.07) is 24.0. The normalized spacial score (nSPS) is 11.4. The van der Waals surface area contributed by atoms with E-state index in [1.54, 1.807) is 12.1 Å². The third-order valence-electron chi connectivity index (χ3n) is 8.42. The first-order valence-corrected chi connectivity index (χ1v) is 16.0. The van der Waals surface area contributed by atoms with Crippen LogP contribution in [0.3, 0.4) is 0 Å². The maximum atomic E-state index is 12.4. The van der Waals surface area contributed by atoms with Crippen LogP contribution in [0, 0.1) is 11.3 Å². The van der Waals surface area contributed by atoms with Gasteiger partial charge in [-0.15, -0.1) is 0 Å². The number of benzene rings is 4. The highest BCUT2D eigenvalue weighted by molar-refractivity contribution is 5.91. The molecule has 6 rings (SSSR count). The summed E-state index contributed by atoms with van der Waals surface area (Å²) < 4.78 is 0. The van der Waals surface area contributed by atoms with Crippen LogP contribution >= 0.6 is 0 Å². The Morgan fingerprint density at radius 3 is 1.55 bits per heavy atom. The van der Waals surface area contributed by atoms with Crippen molar-refractivity contribution in [2.45, 2.75) is 25.7 Å². The minimum absolute atomic E-state index is 0.320. The number of carbonyl (C=O) groups excluding carboxylic acids is 4. The Bertz CT molecular complexity index is 2030. The standard InChI is InChI=1S/C37H34N8O4/c38-21-23-3-7-31-24(15-23)16-26-19-29(5-9-33(26)31)44-36(48)41-13-1-11-39-35(47)40-12-2-14-42-37(49)45-30-6-10-34-27(20-30)17-25-18-28(43-22-46)4-8-32(25)34/h3-10,15,18-20H,1-2,11-14,16-17H2,(H2,39,40,47)(H2,41,44,48)(H2,42,45,49). The Morgan fingerprint density at radius 1 is 0.592 bits per heavy atom. The lowest BCUT2D eigenvalue weighted by atomic mass is 10.0. The molecule has 0 radical (unpaired) electrons. The van der Waals surface area contributed by atoms with Gasteiger partial charge in [0.25, 0.3) is 0 Å². The van der Waals surface area contributed by atoms with Crippen LogP contribution in [0.4, 0.5) is 31.4 Å². The highest BCUT2D eigenvalue weighted by atomic mass is 16.2. The number of amides is 6. The predicted octanol–water partition coefficient (Wildman–Crippen LogP) is 5.69. The number of nitrogens with zero attached hydrogens (tertiary/aromatic N) is 2. The lowest BCUT2D eigenvalue weighted by Crippen LogP contribution is -2.39. The van der Waals surface area contributed by atoms with Gasteiger partial charge in [0.15, 0.2) is 0 Å². The highest BCUT2D eigenvalue weighted by Crippen LogP contribution is 2.40. The second-order valence-corrected chi connectivity index (χ2v) is 11.8. The van der Waals surface area contributed by atoms with Crippen molar-refractivity contribution in [1.29, 1.82) is 5.26 Å². The number of nitriles is 1. The summed E-state index contributed by atoms with van der Waals surface area (Å²) in [6.07, 6.45) is 4.06. The van der Waals surface area contributed by atoms with Gasteiger partial charge < -0.3 is 31.9 Å². The van der Waals surface area contributed by atoms with Crippen LogP contribution in [-0.2, 0) is 17.6 Å². The fourth-order valence-corrected chi connectivity index (χ4v) is 6.15. The van der Waals surface area contributed by atoms with Gasteiger partial charge in [0.1, 0.15) is 0 Å². The zero-order valence-electron chi connectivity index (χ0n) is 26.6. The van der Waals surface area contributed by atoms with E-state index in [2.05, 4.69) is 43.0 Å². The van der Waals surface area contributed by atoms with E-state index in [9.17, 15) is 19.2 Å². The first kappa shape index (κ1) is 32.5. The molecule has 2 aliphatic rings. The predicted molar refractivity (Wildman–Crippen MR) is 187 cm³/mol. The van der Waals surface area contributed by atoms with E-state index in [1.807, 2.05) is 66.7 Å². The number of urea groups is 3. The number of anilines is 2. The van der Waals surface area contributed by atoms with Crippen molar-refractivity contribution >= 4 is 41.2 Å². The number of hydrogen-bond donors (Lipinski definition) is 6. The monoisotopic (exact) mass is 654 g/mol. The molecule has 0 bridgehead atoms. The van der Waals surface area contributed by atoms with Crippen LogP contribution < -0.4 is 31.9 Å². The van der Waals surface area contributed by atoms with E-state index >= 15 is 0 Å². The second kappa shape index (κ2) is 15.0. The van der Waals surface area contributed by atoms with Crippen molar-refractivity contribution in [2.24, 2.45) is 4.99 Å². The Balaban J connectivity index is 0.812. The molecule has 0 atom stereocenters. The molecule has 2 aliphatic carbocycles. The van der Waals surface area contributed by atoms with E-state index < -0.39 is 0 Å². The molecule has 0 fully saturated rings. The number of nitrogens with one attached hydrogen (secondary N) is 6. The van der Waals surface area contributed by atoms with Crippen molar-refractivity contribution < 1.29 is 19.2 Å². The maximum Gasteiger partial charge on any atom is 0.319 e. The Kier molecular flexibility index (Phi) is 9.93. The number of aliphatic imine (C=N–C) groups is 1. The molecule has 12 nitrogen and oxygen atoms in total. The topological polar surface area (TPSA) is 177 Å². The number of hydrogen-bond acceptors (Lipinski definition) is 6. The molecule has 6 amide bonds. The first-order chi connectivity index (χ1) is 23.9. The smallest absolute Gasteiger partial charge is 0.319 e. The van der Waals surface area contributed by atoms with Gasteiger partial charge in [0.05, 0.1) is 17.3 Å².